The minimum absolute atomic E-state index is 0.0647. The molecule has 1 aromatic carbocycles. The number of hydrogen-bond acceptors (Lipinski definition) is 4. The molecule has 0 spiro atoms. The molecule has 5 nitrogen and oxygen atoms in total. The first-order valence-electron chi connectivity index (χ1n) is 8.84. The number of hydrogen-bond donors (Lipinski definition) is 1. The number of furan rings is 1. The summed E-state index contributed by atoms with van der Waals surface area (Å²) < 4.78 is 5.46. The quantitative estimate of drug-likeness (QED) is 0.933. The number of carbonyl (C=O) groups excluding carboxylic acids is 1. The van der Waals surface area contributed by atoms with E-state index in [0.29, 0.717) is 24.2 Å². The Morgan fingerprint density at radius 2 is 1.80 bits per heavy atom. The lowest BCUT2D eigenvalue weighted by atomic mass is 9.84. The maximum absolute atomic E-state index is 13.0. The van der Waals surface area contributed by atoms with Crippen LogP contribution in [0.3, 0.4) is 0 Å². The summed E-state index contributed by atoms with van der Waals surface area (Å²) in [6.45, 7) is 0. The van der Waals surface area contributed by atoms with Crippen molar-refractivity contribution in [3.8, 4) is 0 Å². The van der Waals surface area contributed by atoms with Crippen LogP contribution in [0.5, 0.6) is 0 Å². The smallest absolute Gasteiger partial charge is 0.254 e. The van der Waals surface area contributed by atoms with Gasteiger partial charge in [0.25, 0.3) is 5.91 Å². The number of fused-ring (bicyclic) bond motifs is 2. The maximum atomic E-state index is 13.0. The zero-order chi connectivity index (χ0) is 17.6. The standard InChI is InChI=1S/C20H24N2O3/c1-21(2)15-7-5-14(6-8-15)19(23)22-16-9-10-17(22)13-20(24,12-16)18-4-3-11-25-18/h3-8,11,16-17,24H,9-10,12-13H2,1-2H3/t16-,17+,20?. The van der Waals surface area contributed by atoms with Crippen LogP contribution in [-0.4, -0.2) is 42.1 Å². The van der Waals surface area contributed by atoms with Gasteiger partial charge < -0.3 is 19.3 Å². The molecule has 3 heterocycles. The number of rotatable bonds is 3. The minimum atomic E-state index is -0.957. The number of piperidine rings is 1. The Morgan fingerprint density at radius 1 is 1.16 bits per heavy atom. The minimum Gasteiger partial charge on any atom is -0.466 e. The number of amides is 1. The van der Waals surface area contributed by atoms with E-state index in [0.717, 1.165) is 18.5 Å². The van der Waals surface area contributed by atoms with Gasteiger partial charge in [0.2, 0.25) is 0 Å². The average Bonchev–Trinajstić information content (AvgIpc) is 3.22. The molecule has 1 aromatic heterocycles. The Hall–Kier alpha value is -2.27. The van der Waals surface area contributed by atoms with Gasteiger partial charge in [0.05, 0.1) is 6.26 Å². The molecular formula is C20H24N2O3. The Labute approximate surface area is 147 Å². The van der Waals surface area contributed by atoms with Crippen molar-refractivity contribution in [2.24, 2.45) is 0 Å². The Balaban J connectivity index is 1.55. The van der Waals surface area contributed by atoms with E-state index in [4.69, 9.17) is 4.42 Å². The predicted octanol–water partition coefficient (Wildman–Crippen LogP) is 3.00. The van der Waals surface area contributed by atoms with Crippen molar-refractivity contribution in [3.63, 3.8) is 0 Å². The normalized spacial score (nSPS) is 28.2. The van der Waals surface area contributed by atoms with E-state index in [1.807, 2.05) is 54.2 Å². The first-order valence-corrected chi connectivity index (χ1v) is 8.84. The van der Waals surface area contributed by atoms with Crippen LogP contribution in [-0.2, 0) is 5.60 Å². The largest absolute Gasteiger partial charge is 0.466 e. The number of benzene rings is 1. The third-order valence-corrected chi connectivity index (χ3v) is 5.61. The molecule has 1 unspecified atom stereocenters. The molecule has 0 radical (unpaired) electrons. The highest BCUT2D eigenvalue weighted by molar-refractivity contribution is 5.95. The lowest BCUT2D eigenvalue weighted by Gasteiger charge is -2.42. The SMILES string of the molecule is CN(C)c1ccc(C(=O)N2[C@@H]3CC[C@H]2CC(O)(c2ccco2)C3)cc1. The fourth-order valence-corrected chi connectivity index (χ4v) is 4.35. The summed E-state index contributed by atoms with van der Waals surface area (Å²) in [5.74, 6) is 0.686. The molecule has 2 aromatic rings. The van der Waals surface area contributed by atoms with Gasteiger partial charge in [-0.15, -0.1) is 0 Å². The highest BCUT2D eigenvalue weighted by atomic mass is 16.4. The van der Waals surface area contributed by atoms with Crippen LogP contribution in [0.25, 0.3) is 0 Å². The monoisotopic (exact) mass is 340 g/mol. The molecular weight excluding hydrogens is 316 g/mol. The average molecular weight is 340 g/mol. The second-order valence-corrected chi connectivity index (χ2v) is 7.46. The number of nitrogens with zero attached hydrogens (tertiary/aromatic N) is 2. The van der Waals surface area contributed by atoms with Gasteiger partial charge in [-0.1, -0.05) is 0 Å². The van der Waals surface area contributed by atoms with Gasteiger partial charge in [0, 0.05) is 50.3 Å². The van der Waals surface area contributed by atoms with Crippen LogP contribution in [0, 0.1) is 0 Å². The van der Waals surface area contributed by atoms with E-state index in [2.05, 4.69) is 0 Å². The van der Waals surface area contributed by atoms with Gasteiger partial charge in [-0.25, -0.2) is 0 Å². The van der Waals surface area contributed by atoms with Gasteiger partial charge in [0.1, 0.15) is 11.4 Å². The van der Waals surface area contributed by atoms with Crippen molar-refractivity contribution in [2.45, 2.75) is 43.4 Å². The molecule has 0 saturated carbocycles. The molecule has 3 atom stereocenters. The molecule has 2 bridgehead atoms. The number of anilines is 1. The second-order valence-electron chi connectivity index (χ2n) is 7.46. The van der Waals surface area contributed by atoms with E-state index in [-0.39, 0.29) is 18.0 Å². The molecule has 1 amide bonds. The van der Waals surface area contributed by atoms with Gasteiger partial charge in [-0.2, -0.15) is 0 Å². The Kier molecular flexibility index (Phi) is 3.84. The van der Waals surface area contributed by atoms with Gasteiger partial charge in [0.15, 0.2) is 0 Å². The second kappa shape index (κ2) is 5.92. The molecule has 2 aliphatic heterocycles. The summed E-state index contributed by atoms with van der Waals surface area (Å²) in [6.07, 6.45) is 4.56. The summed E-state index contributed by atoms with van der Waals surface area (Å²) in [6, 6.07) is 11.5. The topological polar surface area (TPSA) is 56.9 Å². The molecule has 4 rings (SSSR count). The lowest BCUT2D eigenvalue weighted by molar-refractivity contribution is -0.0615. The van der Waals surface area contributed by atoms with E-state index in [1.54, 1.807) is 12.3 Å². The van der Waals surface area contributed by atoms with Crippen LogP contribution >= 0.6 is 0 Å². The van der Waals surface area contributed by atoms with Crippen molar-refractivity contribution in [3.05, 3.63) is 54.0 Å². The molecule has 2 aliphatic rings. The highest BCUT2D eigenvalue weighted by Gasteiger charge is 2.51. The van der Waals surface area contributed by atoms with Gasteiger partial charge in [-0.3, -0.25) is 4.79 Å². The summed E-state index contributed by atoms with van der Waals surface area (Å²) in [5.41, 5.74) is 0.831. The molecule has 0 aliphatic carbocycles. The first-order chi connectivity index (χ1) is 12.0. The number of carbonyl (C=O) groups is 1. The summed E-state index contributed by atoms with van der Waals surface area (Å²) >= 11 is 0. The molecule has 132 valence electrons. The lowest BCUT2D eigenvalue weighted by Crippen LogP contribution is -2.51. The van der Waals surface area contributed by atoms with Crippen LogP contribution in [0.2, 0.25) is 0 Å². The zero-order valence-corrected chi connectivity index (χ0v) is 14.7. The molecule has 25 heavy (non-hydrogen) atoms. The van der Waals surface area contributed by atoms with Crippen LogP contribution < -0.4 is 4.90 Å². The van der Waals surface area contributed by atoms with E-state index in [9.17, 15) is 9.90 Å². The molecule has 2 saturated heterocycles. The maximum Gasteiger partial charge on any atom is 0.254 e. The fourth-order valence-electron chi connectivity index (χ4n) is 4.35. The zero-order valence-electron chi connectivity index (χ0n) is 14.7. The van der Waals surface area contributed by atoms with E-state index < -0.39 is 5.60 Å². The summed E-state index contributed by atoms with van der Waals surface area (Å²) in [4.78, 5) is 17.1. The van der Waals surface area contributed by atoms with Crippen LogP contribution in [0.4, 0.5) is 5.69 Å². The van der Waals surface area contributed by atoms with E-state index in [1.165, 1.54) is 0 Å². The third kappa shape index (κ3) is 2.72. The van der Waals surface area contributed by atoms with Gasteiger partial charge in [-0.05, 0) is 49.2 Å². The third-order valence-electron chi connectivity index (χ3n) is 5.61. The van der Waals surface area contributed by atoms with Crippen molar-refractivity contribution >= 4 is 11.6 Å². The van der Waals surface area contributed by atoms with Crippen molar-refractivity contribution in [2.75, 3.05) is 19.0 Å². The number of aliphatic hydroxyl groups is 1. The highest BCUT2D eigenvalue weighted by Crippen LogP contribution is 2.46. The van der Waals surface area contributed by atoms with Crippen LogP contribution in [0.1, 0.15) is 41.8 Å². The van der Waals surface area contributed by atoms with E-state index >= 15 is 0 Å². The van der Waals surface area contributed by atoms with Gasteiger partial charge >= 0.3 is 0 Å². The molecule has 1 N–H and O–H groups in total. The Bertz CT molecular complexity index is 738. The predicted molar refractivity (Wildman–Crippen MR) is 95.6 cm³/mol. The first kappa shape index (κ1) is 16.2. The Morgan fingerprint density at radius 3 is 2.32 bits per heavy atom. The van der Waals surface area contributed by atoms with Crippen molar-refractivity contribution in [1.82, 2.24) is 4.90 Å². The van der Waals surface area contributed by atoms with Crippen molar-refractivity contribution < 1.29 is 14.3 Å². The molecule has 5 heteroatoms. The summed E-state index contributed by atoms with van der Waals surface area (Å²) in [7, 11) is 3.97. The van der Waals surface area contributed by atoms with Crippen LogP contribution in [0.15, 0.2) is 47.1 Å². The summed E-state index contributed by atoms with van der Waals surface area (Å²) in [5, 5.41) is 11.0. The van der Waals surface area contributed by atoms with Crippen molar-refractivity contribution in [1.29, 1.82) is 0 Å². The fraction of sp³-hybridized carbons (Fsp3) is 0.450. The molecule has 2 fully saturated rings.